The Bertz CT molecular complexity index is 883. The number of alkyl halides is 3. The van der Waals surface area contributed by atoms with Crippen LogP contribution in [-0.2, 0) is 20.9 Å². The summed E-state index contributed by atoms with van der Waals surface area (Å²) < 4.78 is 31.7. The number of amides is 2. The standard InChI is InChI=1S/C19H25N3O2S.C2HF3O2/c1-14-20-16(13-25-14)12-22-17(23)6-7-19(22)8-10-21(11-9-19)18(24)15-4-2-3-5-15;3-2(4,5)1(6)7/h2-3,13,15H,4-12H2,1H3;(H,6,7). The van der Waals surface area contributed by atoms with Gasteiger partial charge in [0.15, 0.2) is 0 Å². The molecule has 7 nitrogen and oxygen atoms in total. The minimum absolute atomic E-state index is 0.0701. The van der Waals surface area contributed by atoms with Crippen LogP contribution >= 0.6 is 11.3 Å². The van der Waals surface area contributed by atoms with E-state index in [-0.39, 0.29) is 17.4 Å². The van der Waals surface area contributed by atoms with Gasteiger partial charge in [-0.05, 0) is 39.0 Å². The number of rotatable bonds is 3. The SMILES string of the molecule is Cc1nc(CN2C(=O)CCC23CCN(C(=O)C2CC=CC2)CC3)cs1.O=C(O)C(F)(F)F. The van der Waals surface area contributed by atoms with E-state index in [0.717, 1.165) is 55.9 Å². The molecule has 0 unspecified atom stereocenters. The number of halogens is 3. The molecule has 0 aromatic carbocycles. The van der Waals surface area contributed by atoms with Crippen molar-refractivity contribution in [3.05, 3.63) is 28.2 Å². The average molecular weight is 474 g/mol. The Kier molecular flexibility index (Phi) is 7.26. The first kappa shape index (κ1) is 24.2. The lowest BCUT2D eigenvalue weighted by Crippen LogP contribution is -2.54. The maximum absolute atomic E-state index is 12.6. The van der Waals surface area contributed by atoms with E-state index < -0.39 is 12.1 Å². The highest BCUT2D eigenvalue weighted by molar-refractivity contribution is 7.09. The fraction of sp³-hybridized carbons (Fsp3) is 0.619. The van der Waals surface area contributed by atoms with E-state index in [4.69, 9.17) is 9.90 Å². The van der Waals surface area contributed by atoms with Crippen LogP contribution in [0.15, 0.2) is 17.5 Å². The minimum atomic E-state index is -5.08. The van der Waals surface area contributed by atoms with E-state index >= 15 is 0 Å². The third-order valence-electron chi connectivity index (χ3n) is 6.27. The number of aromatic nitrogens is 1. The topological polar surface area (TPSA) is 90.8 Å². The summed E-state index contributed by atoms with van der Waals surface area (Å²) in [6.07, 6.45) is 4.25. The van der Waals surface area contributed by atoms with Crippen molar-refractivity contribution in [2.75, 3.05) is 13.1 Å². The maximum atomic E-state index is 12.6. The van der Waals surface area contributed by atoms with Crippen LogP contribution in [0.4, 0.5) is 13.2 Å². The Hall–Kier alpha value is -2.43. The second-order valence-electron chi connectivity index (χ2n) is 8.33. The number of allylic oxidation sites excluding steroid dienone is 2. The van der Waals surface area contributed by atoms with Crippen molar-refractivity contribution in [2.45, 2.75) is 63.7 Å². The number of thiazole rings is 1. The lowest BCUT2D eigenvalue weighted by atomic mass is 9.84. The van der Waals surface area contributed by atoms with Gasteiger partial charge in [-0.1, -0.05) is 12.2 Å². The first-order chi connectivity index (χ1) is 15.0. The van der Waals surface area contributed by atoms with Crippen LogP contribution < -0.4 is 0 Å². The fourth-order valence-electron chi connectivity index (χ4n) is 4.51. The summed E-state index contributed by atoms with van der Waals surface area (Å²) in [6.45, 7) is 4.16. The molecule has 0 bridgehead atoms. The van der Waals surface area contributed by atoms with E-state index in [9.17, 15) is 22.8 Å². The molecule has 3 heterocycles. The largest absolute Gasteiger partial charge is 0.490 e. The van der Waals surface area contributed by atoms with Crippen molar-refractivity contribution < 1.29 is 32.7 Å². The molecule has 3 aliphatic rings. The molecule has 0 radical (unpaired) electrons. The van der Waals surface area contributed by atoms with Gasteiger partial charge in [-0.25, -0.2) is 9.78 Å². The summed E-state index contributed by atoms with van der Waals surface area (Å²) in [4.78, 5) is 42.6. The van der Waals surface area contributed by atoms with Gasteiger partial charge in [0.05, 0.1) is 17.2 Å². The third-order valence-corrected chi connectivity index (χ3v) is 7.09. The summed E-state index contributed by atoms with van der Waals surface area (Å²) in [6, 6.07) is 0. The zero-order valence-electron chi connectivity index (χ0n) is 17.7. The van der Waals surface area contributed by atoms with Crippen LogP contribution in [0.5, 0.6) is 0 Å². The Labute approximate surface area is 187 Å². The van der Waals surface area contributed by atoms with Gasteiger partial charge in [0.25, 0.3) is 0 Å². The molecular formula is C21H26F3N3O4S. The summed E-state index contributed by atoms with van der Waals surface area (Å²) in [5, 5.41) is 10.2. The lowest BCUT2D eigenvalue weighted by molar-refractivity contribution is -0.192. The predicted molar refractivity (Wildman–Crippen MR) is 111 cm³/mol. The van der Waals surface area contributed by atoms with Crippen molar-refractivity contribution >= 4 is 29.1 Å². The molecule has 176 valence electrons. The second kappa shape index (κ2) is 9.60. The molecule has 1 N–H and O–H groups in total. The molecule has 0 atom stereocenters. The van der Waals surface area contributed by atoms with Gasteiger partial charge in [-0.15, -0.1) is 11.3 Å². The highest BCUT2D eigenvalue weighted by atomic mass is 32.1. The van der Waals surface area contributed by atoms with E-state index in [1.165, 1.54) is 0 Å². The average Bonchev–Trinajstić information content (AvgIpc) is 3.47. The highest BCUT2D eigenvalue weighted by Gasteiger charge is 2.47. The second-order valence-corrected chi connectivity index (χ2v) is 9.39. The molecule has 32 heavy (non-hydrogen) atoms. The Balaban J connectivity index is 0.000000360. The zero-order chi connectivity index (χ0) is 23.5. The summed E-state index contributed by atoms with van der Waals surface area (Å²) in [5.41, 5.74) is 0.923. The van der Waals surface area contributed by atoms with Crippen molar-refractivity contribution in [3.8, 4) is 0 Å². The summed E-state index contributed by atoms with van der Waals surface area (Å²) in [5.74, 6) is -2.07. The molecule has 0 saturated carbocycles. The molecule has 11 heteroatoms. The molecule has 2 aliphatic heterocycles. The Morgan fingerprint density at radius 2 is 1.81 bits per heavy atom. The third kappa shape index (κ3) is 5.48. The number of carbonyl (C=O) groups excluding carboxylic acids is 2. The van der Waals surface area contributed by atoms with Crippen LogP contribution in [0, 0.1) is 12.8 Å². The van der Waals surface area contributed by atoms with Crippen molar-refractivity contribution in [1.29, 1.82) is 0 Å². The smallest absolute Gasteiger partial charge is 0.475 e. The molecule has 1 spiro atoms. The number of piperidine rings is 1. The number of aliphatic carboxylic acids is 1. The predicted octanol–water partition coefficient (Wildman–Crippen LogP) is 3.53. The molecule has 4 rings (SSSR count). The highest BCUT2D eigenvalue weighted by Crippen LogP contribution is 2.40. The van der Waals surface area contributed by atoms with Gasteiger partial charge < -0.3 is 14.9 Å². The number of likely N-dealkylation sites (tertiary alicyclic amines) is 2. The van der Waals surface area contributed by atoms with Crippen LogP contribution in [0.1, 0.15) is 49.2 Å². The molecule has 2 saturated heterocycles. The van der Waals surface area contributed by atoms with Gasteiger partial charge in [-0.2, -0.15) is 13.2 Å². The number of nitrogens with zero attached hydrogens (tertiary/aromatic N) is 3. The number of carboxylic acids is 1. The molecule has 2 fully saturated rings. The van der Waals surface area contributed by atoms with Crippen LogP contribution in [0.3, 0.4) is 0 Å². The van der Waals surface area contributed by atoms with Gasteiger partial charge in [0.2, 0.25) is 11.8 Å². The van der Waals surface area contributed by atoms with Crippen LogP contribution in [0.2, 0.25) is 0 Å². The van der Waals surface area contributed by atoms with E-state index in [0.29, 0.717) is 18.9 Å². The maximum Gasteiger partial charge on any atom is 0.490 e. The van der Waals surface area contributed by atoms with E-state index in [2.05, 4.69) is 27.4 Å². The fourth-order valence-corrected chi connectivity index (χ4v) is 5.12. The van der Waals surface area contributed by atoms with Crippen LogP contribution in [0.25, 0.3) is 0 Å². The van der Waals surface area contributed by atoms with Crippen molar-refractivity contribution in [3.63, 3.8) is 0 Å². The van der Waals surface area contributed by atoms with Crippen LogP contribution in [-0.4, -0.2) is 62.5 Å². The molecule has 2 amide bonds. The molecule has 1 aromatic heterocycles. The first-order valence-corrected chi connectivity index (χ1v) is 11.4. The molecular weight excluding hydrogens is 447 g/mol. The zero-order valence-corrected chi connectivity index (χ0v) is 18.5. The number of aryl methyl sites for hydroxylation is 1. The first-order valence-electron chi connectivity index (χ1n) is 10.5. The number of carbonyl (C=O) groups is 3. The lowest BCUT2D eigenvalue weighted by Gasteiger charge is -2.45. The van der Waals surface area contributed by atoms with Gasteiger partial charge in [0, 0.05) is 36.3 Å². The number of carboxylic acid groups (broad SMARTS) is 1. The van der Waals surface area contributed by atoms with E-state index in [1.807, 2.05) is 11.8 Å². The Morgan fingerprint density at radius 1 is 1.22 bits per heavy atom. The van der Waals surface area contributed by atoms with Gasteiger partial charge in [0.1, 0.15) is 0 Å². The number of hydrogen-bond donors (Lipinski definition) is 1. The number of hydrogen-bond acceptors (Lipinski definition) is 5. The molecule has 1 aromatic rings. The minimum Gasteiger partial charge on any atom is -0.475 e. The van der Waals surface area contributed by atoms with Gasteiger partial charge >= 0.3 is 12.1 Å². The quantitative estimate of drug-likeness (QED) is 0.679. The van der Waals surface area contributed by atoms with Crippen molar-refractivity contribution in [1.82, 2.24) is 14.8 Å². The monoisotopic (exact) mass is 473 g/mol. The van der Waals surface area contributed by atoms with Gasteiger partial charge in [-0.3, -0.25) is 9.59 Å². The van der Waals surface area contributed by atoms with Crippen molar-refractivity contribution in [2.24, 2.45) is 5.92 Å². The Morgan fingerprint density at radius 3 is 2.31 bits per heavy atom. The summed E-state index contributed by atoms with van der Waals surface area (Å²) in [7, 11) is 0. The molecule has 1 aliphatic carbocycles. The van der Waals surface area contributed by atoms with E-state index in [1.54, 1.807) is 11.3 Å². The summed E-state index contributed by atoms with van der Waals surface area (Å²) >= 11 is 1.63. The normalized spacial score (nSPS) is 20.6.